The van der Waals surface area contributed by atoms with Gasteiger partial charge < -0.3 is 0 Å². The molecule has 1 heterocycles. The summed E-state index contributed by atoms with van der Waals surface area (Å²) in [6.07, 6.45) is 15.5. The number of hydrogen-bond donors (Lipinski definition) is 0. The first-order chi connectivity index (χ1) is 30.2. The van der Waals surface area contributed by atoms with Crippen molar-refractivity contribution in [2.24, 2.45) is 0 Å². The Morgan fingerprint density at radius 2 is 0.903 bits per heavy atom. The summed E-state index contributed by atoms with van der Waals surface area (Å²) in [4.78, 5) is 0. The van der Waals surface area contributed by atoms with Gasteiger partial charge in [0.05, 0.1) is 0 Å². The number of hydrogen-bond acceptors (Lipinski definition) is 0. The Balaban J connectivity index is 1.40. The Morgan fingerprint density at radius 3 is 1.39 bits per heavy atom. The summed E-state index contributed by atoms with van der Waals surface area (Å²) in [7, 11) is 18.1. The third kappa shape index (κ3) is 7.01. The molecule has 0 nitrogen and oxygen atoms in total. The molecule has 9 rings (SSSR count). The van der Waals surface area contributed by atoms with Crippen molar-refractivity contribution in [3.05, 3.63) is 171 Å². The Bertz CT molecular complexity index is 2620. The molecule has 2 unspecified atom stereocenters. The molecule has 0 N–H and O–H groups in total. The maximum atomic E-state index is 9.51. The molecule has 3 aliphatic rings. The van der Waals surface area contributed by atoms with E-state index in [0.29, 0.717) is 0 Å². The Morgan fingerprint density at radius 1 is 0.452 bits per heavy atom. The number of fused-ring (bicyclic) bond motifs is 5. The normalized spacial score (nSPS) is 17.3. The zero-order valence-electron chi connectivity index (χ0n) is 37.8. The Kier molecular flexibility index (Phi) is 12.6. The number of rotatable bonds is 15. The molecule has 6 aromatic rings. The van der Waals surface area contributed by atoms with Gasteiger partial charge in [-0.1, -0.05) is 0 Å². The number of allylic oxidation sites excluding steroid dienone is 2. The van der Waals surface area contributed by atoms with Crippen molar-refractivity contribution >= 4 is 52.3 Å². The second kappa shape index (κ2) is 17.8. The zero-order valence-corrected chi connectivity index (χ0v) is 43.2. The van der Waals surface area contributed by atoms with Gasteiger partial charge in [-0.2, -0.15) is 0 Å². The van der Waals surface area contributed by atoms with E-state index in [9.17, 15) is 17.0 Å². The summed E-state index contributed by atoms with van der Waals surface area (Å²) in [5.41, 5.74) is 22.3. The maximum absolute atomic E-state index is 9.51. The molecule has 2 atom stereocenters. The van der Waals surface area contributed by atoms with Crippen LogP contribution in [0.5, 0.6) is 0 Å². The Labute approximate surface area is 383 Å². The summed E-state index contributed by atoms with van der Waals surface area (Å²) in [6.45, 7) is 13.9. The van der Waals surface area contributed by atoms with E-state index in [-0.39, 0.29) is 7.25 Å². The van der Waals surface area contributed by atoms with Crippen molar-refractivity contribution < 1.29 is 16.4 Å². The number of benzene rings is 6. The van der Waals surface area contributed by atoms with Crippen LogP contribution in [0.2, 0.25) is 0 Å². The fourth-order valence-corrected chi connectivity index (χ4v) is 40.2. The van der Waals surface area contributed by atoms with Gasteiger partial charge in [-0.05, 0) is 0 Å². The van der Waals surface area contributed by atoms with Gasteiger partial charge in [-0.3, -0.25) is 0 Å². The third-order valence-electron chi connectivity index (χ3n) is 14.6. The molecule has 0 fully saturated rings. The monoisotopic (exact) mass is 947 g/mol. The zero-order chi connectivity index (χ0) is 43.2. The standard InChI is InChI=1S/2C23H27.C12H9Si.2ClH.Zr/c2*1-4-9-17-15-20-14-13-19(10-5-2)23(22(20)16-17)21-12-8-7-11-18(21)6-3;1-3-7-11-9(5-1)10-6-2-4-8-12(10)13-11;;;/h2*7-8,11-16H,4-6,9-10H2,1-3H3;1-7H,13H2;2*1H;/q;;;;;+2/p-2. The van der Waals surface area contributed by atoms with Crippen molar-refractivity contribution in [2.75, 3.05) is 0 Å². The van der Waals surface area contributed by atoms with E-state index in [4.69, 9.17) is 0 Å². The van der Waals surface area contributed by atoms with Crippen LogP contribution in [0.25, 0.3) is 45.5 Å². The molecule has 62 heavy (non-hydrogen) atoms. The van der Waals surface area contributed by atoms with E-state index in [1.165, 1.54) is 103 Å². The molecule has 0 amide bonds. The van der Waals surface area contributed by atoms with Gasteiger partial charge in [0.25, 0.3) is 0 Å². The first kappa shape index (κ1) is 43.7. The van der Waals surface area contributed by atoms with Gasteiger partial charge in [0, 0.05) is 0 Å². The quantitative estimate of drug-likeness (QED) is 0.0899. The average Bonchev–Trinajstić information content (AvgIpc) is 3.99. The summed E-state index contributed by atoms with van der Waals surface area (Å²) >= 11 is -5.67. The van der Waals surface area contributed by atoms with E-state index in [1.807, 2.05) is 0 Å². The van der Waals surface area contributed by atoms with E-state index >= 15 is 0 Å². The molecule has 0 saturated carbocycles. The molecule has 0 radical (unpaired) electrons. The average molecular weight is 950 g/mol. The third-order valence-corrected chi connectivity index (χ3v) is 37.4. The second-order valence-corrected chi connectivity index (χ2v) is 40.8. The Hall–Kier alpha value is -3.52. The van der Waals surface area contributed by atoms with Crippen LogP contribution in [-0.2, 0) is 42.1 Å². The summed E-state index contributed by atoms with van der Waals surface area (Å²) in [6, 6.07) is 44.4. The predicted molar refractivity (Wildman–Crippen MR) is 273 cm³/mol. The second-order valence-electron chi connectivity index (χ2n) is 18.3. The first-order valence-electron chi connectivity index (χ1n) is 23.9. The first-order valence-corrected chi connectivity index (χ1v) is 35.7. The van der Waals surface area contributed by atoms with Gasteiger partial charge in [0.1, 0.15) is 0 Å². The van der Waals surface area contributed by atoms with Gasteiger partial charge in [0.2, 0.25) is 0 Å². The molecule has 6 aromatic carbocycles. The van der Waals surface area contributed by atoms with Crippen LogP contribution < -0.4 is 13.6 Å². The molecular formula is C58H63Cl2SiZr. The van der Waals surface area contributed by atoms with E-state index in [0.717, 1.165) is 64.2 Å². The number of halogens is 2. The van der Waals surface area contributed by atoms with Crippen LogP contribution in [0.1, 0.15) is 132 Å². The van der Waals surface area contributed by atoms with Crippen molar-refractivity contribution in [3.63, 3.8) is 0 Å². The summed E-state index contributed by atoms with van der Waals surface area (Å²) in [5.74, 6) is 0. The minimum atomic E-state index is -5.67. The van der Waals surface area contributed by atoms with Crippen LogP contribution in [0.3, 0.4) is 0 Å². The fraction of sp³-hybridized carbons (Fsp3) is 0.310. The fourth-order valence-electron chi connectivity index (χ4n) is 12.2. The van der Waals surface area contributed by atoms with Crippen molar-refractivity contribution in [3.8, 4) is 33.4 Å². The van der Waals surface area contributed by atoms with Crippen LogP contribution in [0.15, 0.2) is 126 Å². The van der Waals surface area contributed by atoms with Crippen molar-refractivity contribution in [1.29, 1.82) is 0 Å². The predicted octanol–water partition coefficient (Wildman–Crippen LogP) is 14.6. The molecule has 4 heteroatoms. The van der Waals surface area contributed by atoms with Crippen LogP contribution in [-0.4, -0.2) is 9.52 Å². The molecule has 317 valence electrons. The van der Waals surface area contributed by atoms with Crippen molar-refractivity contribution in [1.82, 2.24) is 0 Å². The van der Waals surface area contributed by atoms with Crippen LogP contribution in [0.4, 0.5) is 0 Å². The van der Waals surface area contributed by atoms with E-state index in [2.05, 4.69) is 169 Å². The minimum absolute atomic E-state index is 0.0694. The molecule has 0 bridgehead atoms. The van der Waals surface area contributed by atoms with Gasteiger partial charge in [0.15, 0.2) is 0 Å². The molecule has 0 spiro atoms. The molecular weight excluding hydrogens is 887 g/mol. The molecule has 0 aromatic heterocycles. The SMILES string of the molecule is CCCC1=Cc2c(ccc(CCC)c2-c2ccccc2CC)[CH]1[Zr]([Cl])([Cl])([c]1cccc2c1[SiH2]c1ccccc1-2)[CH]1C(CCC)=Cc2c1ccc(CCC)c2-c1ccccc1CC. The van der Waals surface area contributed by atoms with E-state index < -0.39 is 25.9 Å². The number of aryl methyl sites for hydroxylation is 4. The topological polar surface area (TPSA) is 0 Å². The summed E-state index contributed by atoms with van der Waals surface area (Å²) in [5, 5.41) is 3.01. The van der Waals surface area contributed by atoms with Gasteiger partial charge in [-0.25, -0.2) is 0 Å². The van der Waals surface area contributed by atoms with Crippen LogP contribution >= 0.6 is 17.0 Å². The van der Waals surface area contributed by atoms with E-state index in [1.54, 1.807) is 0 Å². The summed E-state index contributed by atoms with van der Waals surface area (Å²) < 4.78 is 1.19. The molecule has 1 aliphatic heterocycles. The molecule has 0 saturated heterocycles. The van der Waals surface area contributed by atoms with Gasteiger partial charge in [-0.15, -0.1) is 0 Å². The van der Waals surface area contributed by atoms with Crippen LogP contribution in [0, 0.1) is 0 Å². The molecule has 2 aliphatic carbocycles. The van der Waals surface area contributed by atoms with Crippen molar-refractivity contribution in [2.45, 2.75) is 113 Å². The van der Waals surface area contributed by atoms with Gasteiger partial charge >= 0.3 is 386 Å².